The summed E-state index contributed by atoms with van der Waals surface area (Å²) in [6.07, 6.45) is 5.59. The maximum absolute atomic E-state index is 5.93. The zero-order chi connectivity index (χ0) is 19.6. The molecule has 28 heavy (non-hydrogen) atoms. The van der Waals surface area contributed by atoms with Gasteiger partial charge >= 0.3 is 0 Å². The van der Waals surface area contributed by atoms with E-state index in [1.807, 2.05) is 24.3 Å². The van der Waals surface area contributed by atoms with Crippen LogP contribution in [0.25, 0.3) is 0 Å². The molecule has 0 spiro atoms. The first-order chi connectivity index (χ1) is 13.8. The molecule has 1 aliphatic rings. The minimum Gasteiger partial charge on any atom is -0.357 e. The van der Waals surface area contributed by atoms with Crippen LogP contribution in [0, 0.1) is 0 Å². The van der Waals surface area contributed by atoms with Gasteiger partial charge in [0, 0.05) is 54.7 Å². The van der Waals surface area contributed by atoms with Gasteiger partial charge in [-0.05, 0) is 44.0 Å². The SMILES string of the molecule is CCNC(=NCCc1nnc2n1CCCCC2)NCCSc1ccc(Cl)cc1. The molecular weight excluding hydrogens is 392 g/mol. The Labute approximate surface area is 176 Å². The van der Waals surface area contributed by atoms with E-state index >= 15 is 0 Å². The molecule has 0 unspecified atom stereocenters. The summed E-state index contributed by atoms with van der Waals surface area (Å²) < 4.78 is 2.30. The number of guanidine groups is 1. The molecule has 2 heterocycles. The van der Waals surface area contributed by atoms with Gasteiger partial charge in [-0.3, -0.25) is 4.99 Å². The molecule has 152 valence electrons. The summed E-state index contributed by atoms with van der Waals surface area (Å²) >= 11 is 7.73. The zero-order valence-corrected chi connectivity index (χ0v) is 18.0. The number of hydrogen-bond acceptors (Lipinski definition) is 4. The number of thioether (sulfide) groups is 1. The number of benzene rings is 1. The number of rotatable bonds is 8. The van der Waals surface area contributed by atoms with Gasteiger partial charge in [0.2, 0.25) is 0 Å². The lowest BCUT2D eigenvalue weighted by Crippen LogP contribution is -2.38. The van der Waals surface area contributed by atoms with Gasteiger partial charge in [0.25, 0.3) is 0 Å². The largest absolute Gasteiger partial charge is 0.357 e. The predicted molar refractivity (Wildman–Crippen MR) is 117 cm³/mol. The van der Waals surface area contributed by atoms with Crippen LogP contribution in [0.5, 0.6) is 0 Å². The normalized spacial score (nSPS) is 14.4. The summed E-state index contributed by atoms with van der Waals surface area (Å²) in [5.41, 5.74) is 0. The fraction of sp³-hybridized carbons (Fsp3) is 0.550. The van der Waals surface area contributed by atoms with Crippen molar-refractivity contribution in [3.63, 3.8) is 0 Å². The summed E-state index contributed by atoms with van der Waals surface area (Å²) in [4.78, 5) is 5.93. The molecule has 3 rings (SSSR count). The molecule has 0 fully saturated rings. The Balaban J connectivity index is 1.45. The van der Waals surface area contributed by atoms with Crippen molar-refractivity contribution >= 4 is 29.3 Å². The van der Waals surface area contributed by atoms with E-state index in [9.17, 15) is 0 Å². The highest BCUT2D eigenvalue weighted by molar-refractivity contribution is 7.99. The topological polar surface area (TPSA) is 67.1 Å². The number of hydrogen-bond donors (Lipinski definition) is 2. The molecule has 0 amide bonds. The smallest absolute Gasteiger partial charge is 0.191 e. The quantitative estimate of drug-likeness (QED) is 0.296. The zero-order valence-electron chi connectivity index (χ0n) is 16.5. The highest BCUT2D eigenvalue weighted by Gasteiger charge is 2.14. The second-order valence-electron chi connectivity index (χ2n) is 6.73. The second-order valence-corrected chi connectivity index (χ2v) is 8.34. The maximum atomic E-state index is 5.93. The van der Waals surface area contributed by atoms with Crippen LogP contribution in [0.4, 0.5) is 0 Å². The van der Waals surface area contributed by atoms with E-state index < -0.39 is 0 Å². The molecule has 6 nitrogen and oxygen atoms in total. The van der Waals surface area contributed by atoms with Gasteiger partial charge in [0.15, 0.2) is 5.96 Å². The van der Waals surface area contributed by atoms with Crippen LogP contribution in [0.2, 0.25) is 5.02 Å². The molecule has 8 heteroatoms. The molecule has 0 aliphatic carbocycles. The van der Waals surface area contributed by atoms with Crippen molar-refractivity contribution in [3.8, 4) is 0 Å². The summed E-state index contributed by atoms with van der Waals surface area (Å²) in [6, 6.07) is 7.95. The average molecular weight is 421 g/mol. The number of aromatic nitrogens is 3. The van der Waals surface area contributed by atoms with Gasteiger partial charge in [0.1, 0.15) is 11.6 Å². The Bertz CT molecular complexity index is 759. The van der Waals surface area contributed by atoms with E-state index in [1.54, 1.807) is 11.8 Å². The van der Waals surface area contributed by atoms with Crippen molar-refractivity contribution in [2.75, 3.05) is 25.4 Å². The van der Waals surface area contributed by atoms with E-state index in [2.05, 4.69) is 32.3 Å². The van der Waals surface area contributed by atoms with Crippen molar-refractivity contribution in [2.24, 2.45) is 4.99 Å². The molecule has 2 N–H and O–H groups in total. The van der Waals surface area contributed by atoms with Crippen LogP contribution in [0.15, 0.2) is 34.2 Å². The van der Waals surface area contributed by atoms with Gasteiger partial charge in [-0.1, -0.05) is 18.0 Å². The van der Waals surface area contributed by atoms with Crippen LogP contribution >= 0.6 is 23.4 Å². The predicted octanol–water partition coefficient (Wildman–Crippen LogP) is 3.55. The number of nitrogens with zero attached hydrogens (tertiary/aromatic N) is 4. The van der Waals surface area contributed by atoms with Crippen LogP contribution in [-0.2, 0) is 19.4 Å². The van der Waals surface area contributed by atoms with Crippen molar-refractivity contribution in [1.82, 2.24) is 25.4 Å². The third kappa shape index (κ3) is 6.41. The lowest BCUT2D eigenvalue weighted by Gasteiger charge is -2.11. The van der Waals surface area contributed by atoms with E-state index in [0.29, 0.717) is 6.54 Å². The van der Waals surface area contributed by atoms with Crippen LogP contribution in [-0.4, -0.2) is 46.1 Å². The standard InChI is InChI=1S/C20H29ClN6S/c1-2-22-20(24-13-15-28-17-9-7-16(21)8-10-17)23-12-11-19-26-25-18-6-4-3-5-14-27(18)19/h7-10H,2-6,11-15H2,1H3,(H2,22,23,24). The first-order valence-electron chi connectivity index (χ1n) is 10.1. The number of nitrogens with one attached hydrogen (secondary N) is 2. The fourth-order valence-corrected chi connectivity index (χ4v) is 4.10. The Morgan fingerprint density at radius 1 is 1.18 bits per heavy atom. The molecule has 0 atom stereocenters. The number of halogens is 1. The Kier molecular flexibility index (Phi) is 8.48. The van der Waals surface area contributed by atoms with Crippen LogP contribution in [0.1, 0.15) is 37.8 Å². The van der Waals surface area contributed by atoms with Crippen molar-refractivity contribution < 1.29 is 0 Å². The number of aryl methyl sites for hydroxylation is 1. The summed E-state index contributed by atoms with van der Waals surface area (Å²) in [6.45, 7) is 5.52. The maximum Gasteiger partial charge on any atom is 0.191 e. The van der Waals surface area contributed by atoms with Gasteiger partial charge < -0.3 is 15.2 Å². The Morgan fingerprint density at radius 2 is 2.04 bits per heavy atom. The lowest BCUT2D eigenvalue weighted by atomic mass is 10.2. The van der Waals surface area contributed by atoms with Crippen LogP contribution in [0.3, 0.4) is 0 Å². The Hall–Kier alpha value is -1.73. The molecule has 0 saturated heterocycles. The molecule has 1 aliphatic heterocycles. The summed E-state index contributed by atoms with van der Waals surface area (Å²) in [7, 11) is 0. The third-order valence-electron chi connectivity index (χ3n) is 4.61. The molecule has 1 aromatic carbocycles. The molecule has 0 bridgehead atoms. The minimum atomic E-state index is 0.706. The van der Waals surface area contributed by atoms with Crippen molar-refractivity contribution in [1.29, 1.82) is 0 Å². The summed E-state index contributed by atoms with van der Waals surface area (Å²) in [5, 5.41) is 16.2. The van der Waals surface area contributed by atoms with Crippen LogP contribution < -0.4 is 10.6 Å². The van der Waals surface area contributed by atoms with E-state index in [4.69, 9.17) is 16.6 Å². The number of fused-ring (bicyclic) bond motifs is 1. The first kappa shape index (κ1) is 21.0. The lowest BCUT2D eigenvalue weighted by molar-refractivity contribution is 0.604. The molecular formula is C20H29ClN6S. The fourth-order valence-electron chi connectivity index (χ4n) is 3.21. The highest BCUT2D eigenvalue weighted by atomic mass is 35.5. The number of aliphatic imine (C=N–C) groups is 1. The minimum absolute atomic E-state index is 0.706. The third-order valence-corrected chi connectivity index (χ3v) is 5.88. The molecule has 2 aromatic rings. The highest BCUT2D eigenvalue weighted by Crippen LogP contribution is 2.19. The molecule has 0 saturated carbocycles. The second kappa shape index (κ2) is 11.3. The Morgan fingerprint density at radius 3 is 2.86 bits per heavy atom. The van der Waals surface area contributed by atoms with Gasteiger partial charge in [-0.15, -0.1) is 22.0 Å². The monoisotopic (exact) mass is 420 g/mol. The average Bonchev–Trinajstić information content (AvgIpc) is 2.93. The van der Waals surface area contributed by atoms with E-state index in [0.717, 1.165) is 60.9 Å². The summed E-state index contributed by atoms with van der Waals surface area (Å²) in [5.74, 6) is 4.02. The molecule has 1 aromatic heterocycles. The van der Waals surface area contributed by atoms with Gasteiger partial charge in [-0.2, -0.15) is 0 Å². The molecule has 0 radical (unpaired) electrons. The first-order valence-corrected chi connectivity index (χ1v) is 11.4. The van der Waals surface area contributed by atoms with Gasteiger partial charge in [-0.25, -0.2) is 0 Å². The van der Waals surface area contributed by atoms with E-state index in [-0.39, 0.29) is 0 Å². The van der Waals surface area contributed by atoms with E-state index in [1.165, 1.54) is 24.2 Å². The van der Waals surface area contributed by atoms with Gasteiger partial charge in [0.05, 0.1) is 0 Å². The van der Waals surface area contributed by atoms with Crippen molar-refractivity contribution in [3.05, 3.63) is 40.9 Å². The van der Waals surface area contributed by atoms with Crippen molar-refractivity contribution in [2.45, 2.75) is 50.5 Å².